The van der Waals surface area contributed by atoms with E-state index in [4.69, 9.17) is 23.2 Å². The lowest BCUT2D eigenvalue weighted by Gasteiger charge is -2.32. The first-order valence-electron chi connectivity index (χ1n) is 18.5. The maximum absolute atomic E-state index is 6.27. The molecule has 0 aliphatic heterocycles. The van der Waals surface area contributed by atoms with Crippen LogP contribution >= 0.6 is 23.2 Å². The van der Waals surface area contributed by atoms with Gasteiger partial charge in [-0.05, 0) is 60.7 Å². The number of anilines is 4. The molecule has 4 aliphatic rings. The fourth-order valence-corrected chi connectivity index (χ4v) is 9.65. The highest BCUT2D eigenvalue weighted by Crippen LogP contribution is 2.52. The molecule has 0 fully saturated rings. The van der Waals surface area contributed by atoms with Crippen LogP contribution in [-0.4, -0.2) is 14.1 Å². The van der Waals surface area contributed by atoms with Crippen molar-refractivity contribution in [2.75, 3.05) is 23.9 Å². The van der Waals surface area contributed by atoms with Crippen molar-refractivity contribution in [1.29, 1.82) is 0 Å². The van der Waals surface area contributed by atoms with E-state index in [1.165, 1.54) is 44.1 Å². The van der Waals surface area contributed by atoms with Crippen molar-refractivity contribution >= 4 is 67.8 Å². The van der Waals surface area contributed by atoms with Crippen LogP contribution in [0.5, 0.6) is 0 Å². The van der Waals surface area contributed by atoms with Crippen molar-refractivity contribution in [3.05, 3.63) is 203 Å². The van der Waals surface area contributed by atoms with Gasteiger partial charge in [0, 0.05) is 94.9 Å². The Balaban J connectivity index is 0.00000220. The van der Waals surface area contributed by atoms with Crippen LogP contribution in [-0.2, 0) is 11.1 Å². The van der Waals surface area contributed by atoms with Gasteiger partial charge < -0.3 is 43.8 Å². The van der Waals surface area contributed by atoms with Gasteiger partial charge in [-0.3, -0.25) is 0 Å². The molecule has 0 saturated heterocycles. The van der Waals surface area contributed by atoms with Crippen LogP contribution in [0.4, 0.5) is 22.7 Å². The molecule has 0 N–H and O–H groups in total. The lowest BCUT2D eigenvalue weighted by molar-refractivity contribution is -0.734. The van der Waals surface area contributed by atoms with E-state index in [2.05, 4.69) is 179 Å². The summed E-state index contributed by atoms with van der Waals surface area (Å²) >= 11 is 12.5. The molecule has 56 heavy (non-hydrogen) atoms. The Morgan fingerprint density at radius 3 is 1.14 bits per heavy atom. The first-order chi connectivity index (χ1) is 26.4. The van der Waals surface area contributed by atoms with Gasteiger partial charge in [0.15, 0.2) is 12.4 Å². The third-order valence-electron chi connectivity index (χ3n) is 12.1. The van der Waals surface area contributed by atoms with Crippen LogP contribution in [0.1, 0.15) is 12.8 Å². The van der Waals surface area contributed by atoms with E-state index < -0.39 is 0 Å². The second-order valence-electron chi connectivity index (χ2n) is 14.6. The van der Waals surface area contributed by atoms with Gasteiger partial charge in [-0.15, -0.1) is 0 Å². The lowest BCUT2D eigenvalue weighted by atomic mass is 9.77. The van der Waals surface area contributed by atoms with Crippen LogP contribution in [0.15, 0.2) is 192 Å². The number of nitrogens with zero attached hydrogens (tertiary/aromatic N) is 4. The summed E-state index contributed by atoms with van der Waals surface area (Å²) in [6, 6.07) is 38.3. The molecule has 0 saturated carbocycles. The molecular weight excluding hydrogens is 863 g/mol. The van der Waals surface area contributed by atoms with E-state index in [0.717, 1.165) is 45.6 Å². The molecule has 4 aliphatic carbocycles. The Morgan fingerprint density at radius 1 is 0.464 bits per heavy atom. The van der Waals surface area contributed by atoms with E-state index in [9.17, 15) is 0 Å². The van der Waals surface area contributed by atoms with Crippen molar-refractivity contribution in [3.8, 4) is 0 Å². The molecule has 0 atom stereocenters. The zero-order chi connectivity index (χ0) is 36.6. The molecule has 0 spiro atoms. The molecular formula is C48H38Br2Cl2N4. The summed E-state index contributed by atoms with van der Waals surface area (Å²) in [5.74, 6) is 0. The minimum Gasteiger partial charge on any atom is -1.00 e. The topological polar surface area (TPSA) is 14.2 Å². The standard InChI is InChI=1S/C48H38Cl2N4.2BrH/c1-51(39-23-19-37(49)20-24-39)43-27-31-53(45-9-5-3-7-41(43)45)47(33-11-12-34(47)14-13-33)29-30-48(35-15-16-36(48)18-17-35)54-32-28-44(42-8-4-6-10-46(42)54)52(2)40-25-21-38(50)22-26-40;;/h3-28,31-32H,29-30H2,1-2H3;2*1H/q+2;;/p-2. The summed E-state index contributed by atoms with van der Waals surface area (Å²) in [6.45, 7) is 0. The molecule has 4 bridgehead atoms. The molecule has 8 heteroatoms. The number of pyridine rings is 2. The van der Waals surface area contributed by atoms with Gasteiger partial charge in [0.25, 0.3) is 0 Å². The first kappa shape index (κ1) is 38.2. The van der Waals surface area contributed by atoms with Gasteiger partial charge in [0.1, 0.15) is 0 Å². The van der Waals surface area contributed by atoms with Gasteiger partial charge >= 0.3 is 0 Å². The third-order valence-corrected chi connectivity index (χ3v) is 12.6. The van der Waals surface area contributed by atoms with E-state index in [0.29, 0.717) is 0 Å². The van der Waals surface area contributed by atoms with Gasteiger partial charge in [0.05, 0.1) is 22.1 Å². The Morgan fingerprint density at radius 2 is 0.804 bits per heavy atom. The number of allylic oxidation sites excluding steroid dienone is 12. The quantitative estimate of drug-likeness (QED) is 0.187. The van der Waals surface area contributed by atoms with Crippen molar-refractivity contribution in [2.45, 2.75) is 23.9 Å². The van der Waals surface area contributed by atoms with E-state index in [1.54, 1.807) is 0 Å². The van der Waals surface area contributed by atoms with Crippen LogP contribution in [0, 0.1) is 0 Å². The molecule has 10 rings (SSSR count). The van der Waals surface area contributed by atoms with Crippen LogP contribution in [0.2, 0.25) is 10.0 Å². The summed E-state index contributed by atoms with van der Waals surface area (Å²) in [7, 11) is 4.26. The molecule has 4 nitrogen and oxygen atoms in total. The summed E-state index contributed by atoms with van der Waals surface area (Å²) in [4.78, 5) is 4.50. The number of para-hydroxylation sites is 2. The van der Waals surface area contributed by atoms with Gasteiger partial charge in [0.2, 0.25) is 22.1 Å². The Hall–Kier alpha value is -4.72. The largest absolute Gasteiger partial charge is 1.00 e. The number of hydrogen-bond acceptors (Lipinski definition) is 2. The highest BCUT2D eigenvalue weighted by molar-refractivity contribution is 6.31. The zero-order valence-corrected chi connectivity index (χ0v) is 35.6. The van der Waals surface area contributed by atoms with Gasteiger partial charge in [-0.25, -0.2) is 0 Å². The fourth-order valence-electron chi connectivity index (χ4n) is 9.40. The number of hydrogen-bond donors (Lipinski definition) is 0. The number of rotatable bonds is 9. The predicted octanol–water partition coefficient (Wildman–Crippen LogP) is 5.16. The highest BCUT2D eigenvalue weighted by atomic mass is 79.9. The van der Waals surface area contributed by atoms with Crippen molar-refractivity contribution in [3.63, 3.8) is 0 Å². The maximum Gasteiger partial charge on any atom is 0.219 e. The van der Waals surface area contributed by atoms with Gasteiger partial charge in [-0.1, -0.05) is 96.1 Å². The molecule has 0 radical (unpaired) electrons. The van der Waals surface area contributed by atoms with E-state index in [1.807, 2.05) is 24.3 Å². The third kappa shape index (κ3) is 5.67. The van der Waals surface area contributed by atoms with Crippen molar-refractivity contribution < 1.29 is 43.1 Å². The summed E-state index contributed by atoms with van der Waals surface area (Å²) in [6.07, 6.45) is 25.0. The predicted molar refractivity (Wildman–Crippen MR) is 223 cm³/mol. The molecule has 278 valence electrons. The number of benzene rings is 4. The van der Waals surface area contributed by atoms with Crippen molar-refractivity contribution in [2.24, 2.45) is 0 Å². The second kappa shape index (κ2) is 14.7. The molecule has 0 unspecified atom stereocenters. The summed E-state index contributed by atoms with van der Waals surface area (Å²) < 4.78 is 5.08. The summed E-state index contributed by atoms with van der Waals surface area (Å²) in [5, 5.41) is 3.87. The van der Waals surface area contributed by atoms with E-state index in [-0.39, 0.29) is 45.0 Å². The minimum atomic E-state index is -0.349. The fraction of sp³-hybridized carbons (Fsp3) is 0.125. The molecule has 6 aromatic rings. The maximum atomic E-state index is 6.27. The SMILES string of the molecule is CN(c1ccc(Cl)cc1)c1cc[n+](C2(CCC3([n+]4ccc(N(C)c5ccc(Cl)cc5)c5ccccc54)C4=CC=C3C=C4)C3=CC=C2C=C3)c2ccccc12.[Br-].[Br-]. The van der Waals surface area contributed by atoms with E-state index >= 15 is 0 Å². The zero-order valence-electron chi connectivity index (χ0n) is 30.9. The van der Waals surface area contributed by atoms with Crippen LogP contribution < -0.4 is 52.9 Å². The number of halogens is 4. The molecule has 4 aromatic carbocycles. The second-order valence-corrected chi connectivity index (χ2v) is 15.5. The van der Waals surface area contributed by atoms with Crippen molar-refractivity contribution in [1.82, 2.24) is 0 Å². The highest BCUT2D eigenvalue weighted by Gasteiger charge is 2.58. The number of fused-ring (bicyclic) bond motifs is 6. The molecule has 2 heterocycles. The molecule has 0 amide bonds. The smallest absolute Gasteiger partial charge is 0.219 e. The Kier molecular flexibility index (Phi) is 9.99. The molecule has 2 aromatic heterocycles. The lowest BCUT2D eigenvalue weighted by Crippen LogP contribution is -3.00. The normalized spacial score (nSPS) is 16.3. The Labute approximate surface area is 358 Å². The van der Waals surface area contributed by atoms with Crippen LogP contribution in [0.3, 0.4) is 0 Å². The van der Waals surface area contributed by atoms with Gasteiger partial charge in [-0.2, -0.15) is 9.13 Å². The summed E-state index contributed by atoms with van der Waals surface area (Å²) in [5.41, 5.74) is 11.5. The number of aromatic nitrogens is 2. The average molecular weight is 902 g/mol. The minimum absolute atomic E-state index is 0. The average Bonchev–Trinajstić information content (AvgIpc) is 3.96. The Bertz CT molecular complexity index is 2490. The monoisotopic (exact) mass is 898 g/mol. The van der Waals surface area contributed by atoms with Crippen LogP contribution in [0.25, 0.3) is 21.8 Å². The first-order valence-corrected chi connectivity index (χ1v) is 19.2.